The summed E-state index contributed by atoms with van der Waals surface area (Å²) in [5.41, 5.74) is 6.78. The zero-order chi connectivity index (χ0) is 18.5. The van der Waals surface area contributed by atoms with E-state index in [0.717, 1.165) is 25.8 Å². The van der Waals surface area contributed by atoms with E-state index in [2.05, 4.69) is 10.6 Å². The molecule has 1 fully saturated rings. The molecule has 1 saturated heterocycles. The first kappa shape index (κ1) is 21.2. The van der Waals surface area contributed by atoms with Crippen molar-refractivity contribution in [3.8, 4) is 0 Å². The van der Waals surface area contributed by atoms with E-state index in [1.807, 2.05) is 42.2 Å². The van der Waals surface area contributed by atoms with E-state index in [9.17, 15) is 9.59 Å². The molecule has 1 aliphatic heterocycles. The highest BCUT2D eigenvalue weighted by Gasteiger charge is 2.30. The van der Waals surface area contributed by atoms with E-state index >= 15 is 0 Å². The van der Waals surface area contributed by atoms with Crippen molar-refractivity contribution in [3.05, 3.63) is 47.3 Å². The van der Waals surface area contributed by atoms with E-state index in [1.165, 1.54) is 11.3 Å². The van der Waals surface area contributed by atoms with Crippen LogP contribution in [0.1, 0.15) is 35.9 Å². The molecule has 3 rings (SSSR count). The lowest BCUT2D eigenvalue weighted by molar-refractivity contribution is 0.0589. The van der Waals surface area contributed by atoms with E-state index in [1.54, 1.807) is 12.1 Å². The number of likely N-dealkylation sites (tertiary alicyclic amines) is 1. The van der Waals surface area contributed by atoms with Crippen LogP contribution in [0.25, 0.3) is 0 Å². The number of carbonyl (C=O) groups is 2. The van der Waals surface area contributed by atoms with Gasteiger partial charge in [-0.1, -0.05) is 18.2 Å². The molecule has 27 heavy (non-hydrogen) atoms. The molecule has 2 aromatic rings. The molecule has 0 radical (unpaired) electrons. The Balaban J connectivity index is 0.00000261. The van der Waals surface area contributed by atoms with Crippen LogP contribution in [0.3, 0.4) is 0 Å². The maximum absolute atomic E-state index is 12.9. The van der Waals surface area contributed by atoms with Gasteiger partial charge in [0.15, 0.2) is 0 Å². The minimum atomic E-state index is -0.330. The van der Waals surface area contributed by atoms with E-state index in [-0.39, 0.29) is 36.4 Å². The van der Waals surface area contributed by atoms with Crippen LogP contribution in [-0.4, -0.2) is 35.5 Å². The number of nitrogens with two attached hydrogens (primary N) is 1. The molecular formula is C19H25ClN4O2S. The highest BCUT2D eigenvalue weighted by atomic mass is 35.5. The second-order valence-electron chi connectivity index (χ2n) is 6.53. The quantitative estimate of drug-likeness (QED) is 0.709. The number of para-hydroxylation sites is 1. The number of nitrogens with one attached hydrogen (secondary N) is 2. The molecule has 1 aromatic heterocycles. The summed E-state index contributed by atoms with van der Waals surface area (Å²) in [6.45, 7) is 2.69. The van der Waals surface area contributed by atoms with Crippen LogP contribution < -0.4 is 16.4 Å². The number of carbonyl (C=O) groups excluding carboxylic acids is 2. The van der Waals surface area contributed by atoms with Crippen molar-refractivity contribution in [3.63, 3.8) is 0 Å². The summed E-state index contributed by atoms with van der Waals surface area (Å²) in [4.78, 5) is 27.4. The first-order chi connectivity index (χ1) is 12.5. The fourth-order valence-corrected chi connectivity index (χ4v) is 4.07. The monoisotopic (exact) mass is 408 g/mol. The summed E-state index contributed by atoms with van der Waals surface area (Å²) in [5, 5.41) is 6.17. The molecule has 2 unspecified atom stereocenters. The smallest absolute Gasteiger partial charge is 0.324 e. The lowest BCUT2D eigenvalue weighted by Crippen LogP contribution is -2.51. The largest absolute Gasteiger partial charge is 0.333 e. The molecule has 3 amide bonds. The van der Waals surface area contributed by atoms with Crippen LogP contribution >= 0.6 is 23.7 Å². The Kier molecular flexibility index (Phi) is 7.65. The van der Waals surface area contributed by atoms with Gasteiger partial charge in [0.2, 0.25) is 0 Å². The number of thiophene rings is 1. The Morgan fingerprint density at radius 1 is 1.15 bits per heavy atom. The van der Waals surface area contributed by atoms with Gasteiger partial charge in [-0.2, -0.15) is 0 Å². The third kappa shape index (κ3) is 5.45. The zero-order valence-electron chi connectivity index (χ0n) is 15.2. The molecule has 8 heteroatoms. The predicted octanol–water partition coefficient (Wildman–Crippen LogP) is 4.16. The topological polar surface area (TPSA) is 87.5 Å². The molecule has 1 aromatic carbocycles. The standard InChI is InChI=1S/C19H24N4O2S.ClH/c1-13(20)15-9-5-6-12-23(15)18(24)16-10-11-17(26-16)22-19(25)21-14-7-3-2-4-8-14;/h2-4,7-8,10-11,13,15H,5-6,9,12,20H2,1H3,(H2,21,22,25);1H. The van der Waals surface area contributed by atoms with Crippen molar-refractivity contribution in [1.29, 1.82) is 0 Å². The van der Waals surface area contributed by atoms with Crippen molar-refractivity contribution >= 4 is 46.4 Å². The summed E-state index contributed by atoms with van der Waals surface area (Å²) in [5.74, 6) is -0.00600. The molecule has 0 bridgehead atoms. The van der Waals surface area contributed by atoms with Gasteiger partial charge in [0.25, 0.3) is 5.91 Å². The molecule has 2 atom stereocenters. The lowest BCUT2D eigenvalue weighted by atomic mass is 9.97. The molecule has 4 N–H and O–H groups in total. The van der Waals surface area contributed by atoms with Gasteiger partial charge in [0.1, 0.15) is 0 Å². The van der Waals surface area contributed by atoms with Gasteiger partial charge in [-0.05, 0) is 50.5 Å². The van der Waals surface area contributed by atoms with Gasteiger partial charge >= 0.3 is 6.03 Å². The molecular weight excluding hydrogens is 384 g/mol. The Bertz CT molecular complexity index is 766. The second kappa shape index (κ2) is 9.73. The summed E-state index contributed by atoms with van der Waals surface area (Å²) < 4.78 is 0. The number of urea groups is 1. The number of halogens is 1. The highest BCUT2D eigenvalue weighted by molar-refractivity contribution is 7.18. The molecule has 2 heterocycles. The Hall–Kier alpha value is -2.09. The molecule has 146 valence electrons. The Morgan fingerprint density at radius 2 is 1.89 bits per heavy atom. The van der Waals surface area contributed by atoms with Crippen LogP contribution in [0.15, 0.2) is 42.5 Å². The molecule has 0 aliphatic carbocycles. The summed E-state index contributed by atoms with van der Waals surface area (Å²) in [6.07, 6.45) is 3.05. The lowest BCUT2D eigenvalue weighted by Gasteiger charge is -2.37. The number of amides is 3. The number of piperidine rings is 1. The maximum atomic E-state index is 12.9. The summed E-state index contributed by atoms with van der Waals surface area (Å²) in [6, 6.07) is 12.4. The first-order valence-corrected chi connectivity index (χ1v) is 9.65. The van der Waals surface area contributed by atoms with Gasteiger partial charge in [0, 0.05) is 24.3 Å². The maximum Gasteiger partial charge on any atom is 0.324 e. The Morgan fingerprint density at radius 3 is 2.59 bits per heavy atom. The minimum Gasteiger partial charge on any atom is -0.333 e. The number of hydrogen-bond acceptors (Lipinski definition) is 4. The van der Waals surface area contributed by atoms with Crippen molar-refractivity contribution in [1.82, 2.24) is 4.90 Å². The fourth-order valence-electron chi connectivity index (χ4n) is 3.21. The van der Waals surface area contributed by atoms with Crippen molar-refractivity contribution in [2.45, 2.75) is 38.3 Å². The van der Waals surface area contributed by atoms with Crippen LogP contribution in [-0.2, 0) is 0 Å². The summed E-state index contributed by atoms with van der Waals surface area (Å²) in [7, 11) is 0. The third-order valence-electron chi connectivity index (χ3n) is 4.50. The average Bonchev–Trinajstić information content (AvgIpc) is 3.10. The van der Waals surface area contributed by atoms with Crippen LogP contribution in [0.5, 0.6) is 0 Å². The highest BCUT2D eigenvalue weighted by Crippen LogP contribution is 2.27. The van der Waals surface area contributed by atoms with Crippen molar-refractivity contribution < 1.29 is 9.59 Å². The van der Waals surface area contributed by atoms with Crippen LogP contribution in [0, 0.1) is 0 Å². The van der Waals surface area contributed by atoms with Gasteiger partial charge in [-0.3, -0.25) is 10.1 Å². The van der Waals surface area contributed by atoms with E-state index in [0.29, 0.717) is 15.6 Å². The van der Waals surface area contributed by atoms with Crippen molar-refractivity contribution in [2.75, 3.05) is 17.2 Å². The molecule has 1 aliphatic rings. The number of nitrogens with zero attached hydrogens (tertiary/aromatic N) is 1. The summed E-state index contributed by atoms with van der Waals surface area (Å²) >= 11 is 1.28. The third-order valence-corrected chi connectivity index (χ3v) is 5.49. The molecule has 0 saturated carbocycles. The molecule has 6 nitrogen and oxygen atoms in total. The normalized spacial score (nSPS) is 17.6. The Labute approximate surface area is 169 Å². The average molecular weight is 409 g/mol. The SMILES string of the molecule is CC(N)C1CCCCN1C(=O)c1ccc(NC(=O)Nc2ccccc2)s1.Cl. The number of anilines is 2. The van der Waals surface area contributed by atoms with E-state index < -0.39 is 0 Å². The van der Waals surface area contributed by atoms with Crippen LogP contribution in [0.4, 0.5) is 15.5 Å². The van der Waals surface area contributed by atoms with Gasteiger partial charge in [-0.25, -0.2) is 4.79 Å². The number of benzene rings is 1. The van der Waals surface area contributed by atoms with Gasteiger partial charge in [-0.15, -0.1) is 23.7 Å². The second-order valence-corrected chi connectivity index (χ2v) is 7.61. The van der Waals surface area contributed by atoms with Crippen molar-refractivity contribution in [2.24, 2.45) is 5.73 Å². The van der Waals surface area contributed by atoms with Gasteiger partial charge < -0.3 is 16.0 Å². The fraction of sp³-hybridized carbons (Fsp3) is 0.368. The predicted molar refractivity (Wildman–Crippen MR) is 113 cm³/mol. The zero-order valence-corrected chi connectivity index (χ0v) is 16.8. The number of hydrogen-bond donors (Lipinski definition) is 3. The number of rotatable bonds is 4. The first-order valence-electron chi connectivity index (χ1n) is 8.84. The molecule has 0 spiro atoms. The van der Waals surface area contributed by atoms with Crippen LogP contribution in [0.2, 0.25) is 0 Å². The van der Waals surface area contributed by atoms with E-state index in [4.69, 9.17) is 5.73 Å². The minimum absolute atomic E-state index is 0. The van der Waals surface area contributed by atoms with Gasteiger partial charge in [0.05, 0.1) is 9.88 Å².